The van der Waals surface area contributed by atoms with Gasteiger partial charge in [-0.15, -0.1) is 6.58 Å². The minimum atomic E-state index is -0.370. The van der Waals surface area contributed by atoms with E-state index in [9.17, 15) is 0 Å². The first kappa shape index (κ1) is 21.9. The largest absolute Gasteiger partial charge is 0.488 e. The summed E-state index contributed by atoms with van der Waals surface area (Å²) in [6, 6.07) is 0. The molecule has 0 saturated carbocycles. The highest BCUT2D eigenvalue weighted by atomic mass is 16.5. The van der Waals surface area contributed by atoms with E-state index in [-0.39, 0.29) is 17.3 Å². The Hall–Kier alpha value is -1.06. The molecular weight excluding hydrogens is 288 g/mol. The molecule has 0 aliphatic rings. The Balaban J connectivity index is 4.97. The Morgan fingerprint density at radius 1 is 1.13 bits per heavy atom. The van der Waals surface area contributed by atoms with Gasteiger partial charge in [0.05, 0.1) is 24.9 Å². The maximum atomic E-state index is 6.35. The first-order valence-corrected chi connectivity index (χ1v) is 8.42. The standard InChI is InChI=1S/C20H36O3/c1-10-13-21-15-18(23-20(8,9)16(4)5)14-19(6,7)22-17(11-2)12-3/h10-12,16,18H,1-2,13-15H2,3-9H3/b17-12+. The lowest BCUT2D eigenvalue weighted by molar-refractivity contribution is -0.142. The molecule has 0 amide bonds. The molecule has 0 spiro atoms. The second-order valence-corrected chi connectivity index (χ2v) is 7.29. The van der Waals surface area contributed by atoms with Crippen LogP contribution >= 0.6 is 0 Å². The van der Waals surface area contributed by atoms with E-state index in [0.717, 1.165) is 12.2 Å². The highest BCUT2D eigenvalue weighted by Crippen LogP contribution is 2.28. The van der Waals surface area contributed by atoms with Crippen LogP contribution in [0.4, 0.5) is 0 Å². The predicted molar refractivity (Wildman–Crippen MR) is 98.5 cm³/mol. The fourth-order valence-corrected chi connectivity index (χ4v) is 2.11. The lowest BCUT2D eigenvalue weighted by Gasteiger charge is -2.37. The van der Waals surface area contributed by atoms with E-state index in [1.807, 2.05) is 13.0 Å². The Morgan fingerprint density at radius 2 is 1.74 bits per heavy atom. The van der Waals surface area contributed by atoms with Crippen LogP contribution in [-0.2, 0) is 14.2 Å². The molecule has 0 aromatic carbocycles. The molecule has 23 heavy (non-hydrogen) atoms. The number of allylic oxidation sites excluding steroid dienone is 2. The fraction of sp³-hybridized carbons (Fsp3) is 0.700. The summed E-state index contributed by atoms with van der Waals surface area (Å²) in [5.74, 6) is 1.19. The third kappa shape index (κ3) is 8.97. The van der Waals surface area contributed by atoms with E-state index in [4.69, 9.17) is 14.2 Å². The normalized spacial score (nSPS) is 14.7. The molecule has 0 bridgehead atoms. The zero-order valence-corrected chi connectivity index (χ0v) is 16.1. The second kappa shape index (κ2) is 9.94. The lowest BCUT2D eigenvalue weighted by Crippen LogP contribution is -2.41. The first-order valence-electron chi connectivity index (χ1n) is 8.42. The number of rotatable bonds is 12. The third-order valence-electron chi connectivity index (χ3n) is 4.00. The van der Waals surface area contributed by atoms with Gasteiger partial charge in [-0.05, 0) is 52.7 Å². The number of hydrogen-bond acceptors (Lipinski definition) is 3. The van der Waals surface area contributed by atoms with Crippen LogP contribution in [0.3, 0.4) is 0 Å². The summed E-state index contributed by atoms with van der Waals surface area (Å²) in [7, 11) is 0. The minimum Gasteiger partial charge on any atom is -0.488 e. The summed E-state index contributed by atoms with van der Waals surface area (Å²) in [6.07, 6.45) is 6.07. The van der Waals surface area contributed by atoms with Gasteiger partial charge in [0, 0.05) is 6.42 Å². The molecule has 0 heterocycles. The van der Waals surface area contributed by atoms with Crippen LogP contribution in [-0.4, -0.2) is 30.5 Å². The van der Waals surface area contributed by atoms with Crippen molar-refractivity contribution in [2.24, 2.45) is 5.92 Å². The molecule has 0 radical (unpaired) electrons. The van der Waals surface area contributed by atoms with Gasteiger partial charge in [0.2, 0.25) is 0 Å². The average Bonchev–Trinajstić information content (AvgIpc) is 2.43. The van der Waals surface area contributed by atoms with Gasteiger partial charge in [0.25, 0.3) is 0 Å². The summed E-state index contributed by atoms with van der Waals surface area (Å²) in [6.45, 7) is 23.1. The van der Waals surface area contributed by atoms with Crippen LogP contribution in [0, 0.1) is 5.92 Å². The molecule has 0 aromatic heterocycles. The molecule has 0 aromatic rings. The van der Waals surface area contributed by atoms with Crippen molar-refractivity contribution < 1.29 is 14.2 Å². The quantitative estimate of drug-likeness (QED) is 0.211. The van der Waals surface area contributed by atoms with E-state index < -0.39 is 0 Å². The molecule has 0 rings (SSSR count). The minimum absolute atomic E-state index is 0.0507. The smallest absolute Gasteiger partial charge is 0.115 e. The maximum Gasteiger partial charge on any atom is 0.115 e. The highest BCUT2D eigenvalue weighted by Gasteiger charge is 2.32. The van der Waals surface area contributed by atoms with Gasteiger partial charge < -0.3 is 14.2 Å². The van der Waals surface area contributed by atoms with Crippen LogP contribution in [0.2, 0.25) is 0 Å². The second-order valence-electron chi connectivity index (χ2n) is 7.29. The van der Waals surface area contributed by atoms with E-state index in [1.165, 1.54) is 0 Å². The molecule has 1 atom stereocenters. The van der Waals surface area contributed by atoms with Gasteiger partial charge in [0.1, 0.15) is 11.4 Å². The van der Waals surface area contributed by atoms with Crippen LogP contribution in [0.15, 0.2) is 37.1 Å². The van der Waals surface area contributed by atoms with Crippen LogP contribution in [0.5, 0.6) is 0 Å². The third-order valence-corrected chi connectivity index (χ3v) is 4.00. The zero-order valence-electron chi connectivity index (χ0n) is 16.1. The Labute approximate surface area is 143 Å². The van der Waals surface area contributed by atoms with Crippen LogP contribution in [0.1, 0.15) is 54.9 Å². The van der Waals surface area contributed by atoms with Crippen molar-refractivity contribution in [1.82, 2.24) is 0 Å². The molecule has 0 aliphatic carbocycles. The summed E-state index contributed by atoms with van der Waals surface area (Å²) >= 11 is 0. The first-order chi connectivity index (χ1) is 10.6. The topological polar surface area (TPSA) is 27.7 Å². The monoisotopic (exact) mass is 324 g/mol. The van der Waals surface area contributed by atoms with Gasteiger partial charge in [-0.1, -0.05) is 26.5 Å². The average molecular weight is 325 g/mol. The predicted octanol–water partition coefficient (Wildman–Crippen LogP) is 5.28. The Morgan fingerprint density at radius 3 is 2.17 bits per heavy atom. The van der Waals surface area contributed by atoms with Crippen molar-refractivity contribution >= 4 is 0 Å². The summed E-state index contributed by atoms with van der Waals surface area (Å²) in [5, 5.41) is 0. The Bertz CT molecular complexity index is 392. The molecule has 0 aliphatic heterocycles. The Kier molecular flexibility index (Phi) is 9.48. The fourth-order valence-electron chi connectivity index (χ4n) is 2.11. The summed E-state index contributed by atoms with van der Waals surface area (Å²) in [5.41, 5.74) is -0.592. The SMILES string of the molecule is C=CCOCC(CC(C)(C)O/C(C=C)=C/C)OC(C)(C)C(C)C. The molecule has 134 valence electrons. The van der Waals surface area contributed by atoms with E-state index in [0.29, 0.717) is 19.1 Å². The molecule has 3 nitrogen and oxygen atoms in total. The number of hydrogen-bond donors (Lipinski definition) is 0. The molecule has 0 saturated heterocycles. The molecule has 1 unspecified atom stereocenters. The van der Waals surface area contributed by atoms with Crippen LogP contribution in [0.25, 0.3) is 0 Å². The van der Waals surface area contributed by atoms with E-state index >= 15 is 0 Å². The van der Waals surface area contributed by atoms with Gasteiger partial charge >= 0.3 is 0 Å². The summed E-state index contributed by atoms with van der Waals surface area (Å²) in [4.78, 5) is 0. The molecular formula is C20H36O3. The molecule has 3 heteroatoms. The van der Waals surface area contributed by atoms with Gasteiger partial charge in [-0.3, -0.25) is 0 Å². The van der Waals surface area contributed by atoms with Crippen molar-refractivity contribution in [1.29, 1.82) is 0 Å². The van der Waals surface area contributed by atoms with Crippen molar-refractivity contribution in [2.75, 3.05) is 13.2 Å². The van der Waals surface area contributed by atoms with Crippen molar-refractivity contribution in [3.05, 3.63) is 37.1 Å². The van der Waals surface area contributed by atoms with Crippen molar-refractivity contribution in [2.45, 2.75) is 72.2 Å². The lowest BCUT2D eigenvalue weighted by atomic mass is 9.93. The highest BCUT2D eigenvalue weighted by molar-refractivity contribution is 5.08. The van der Waals surface area contributed by atoms with Gasteiger partial charge in [-0.25, -0.2) is 0 Å². The molecule has 0 fully saturated rings. The van der Waals surface area contributed by atoms with Gasteiger partial charge in [0.15, 0.2) is 0 Å². The molecule has 0 N–H and O–H groups in total. The van der Waals surface area contributed by atoms with Gasteiger partial charge in [-0.2, -0.15) is 0 Å². The summed E-state index contributed by atoms with van der Waals surface area (Å²) < 4.78 is 18.0. The zero-order chi connectivity index (χ0) is 18.1. The van der Waals surface area contributed by atoms with E-state index in [1.54, 1.807) is 12.2 Å². The van der Waals surface area contributed by atoms with Crippen LogP contribution < -0.4 is 0 Å². The van der Waals surface area contributed by atoms with Crippen molar-refractivity contribution in [3.63, 3.8) is 0 Å². The maximum absolute atomic E-state index is 6.35. The van der Waals surface area contributed by atoms with Crippen molar-refractivity contribution in [3.8, 4) is 0 Å². The van der Waals surface area contributed by atoms with E-state index in [2.05, 4.69) is 54.7 Å². The number of ether oxygens (including phenoxy) is 3.